The van der Waals surface area contributed by atoms with Crippen molar-refractivity contribution in [3.63, 3.8) is 0 Å². The summed E-state index contributed by atoms with van der Waals surface area (Å²) in [6.07, 6.45) is 0.0258. The number of nitrogens with one attached hydrogen (secondary N) is 1. The Balaban J connectivity index is 0.00000256. The average molecular weight is 451 g/mol. The van der Waals surface area contributed by atoms with Gasteiger partial charge in [-0.3, -0.25) is 14.3 Å². The Kier molecular flexibility index (Phi) is 6.53. The number of aliphatic hydroxyl groups excluding tert-OH is 2. The second-order valence-electron chi connectivity index (χ2n) is 6.53. The number of hydrogen-bond acceptors (Lipinski definition) is 9. The maximum atomic E-state index is 12.2. The first-order valence-electron chi connectivity index (χ1n) is 8.43. The van der Waals surface area contributed by atoms with Gasteiger partial charge in [-0.05, 0) is 0 Å². The summed E-state index contributed by atoms with van der Waals surface area (Å²) in [6, 6.07) is 0. The van der Waals surface area contributed by atoms with Gasteiger partial charge in [0.25, 0.3) is 11.2 Å². The normalized spacial score (nSPS) is 25.9. The molecule has 3 aromatic rings. The molecule has 1 unspecified atom stereocenters. The first-order chi connectivity index (χ1) is 13.7. The van der Waals surface area contributed by atoms with E-state index in [2.05, 4.69) is 15.0 Å². The van der Waals surface area contributed by atoms with E-state index in [0.717, 1.165) is 10.7 Å². The summed E-state index contributed by atoms with van der Waals surface area (Å²) in [4.78, 5) is 32.2. The van der Waals surface area contributed by atoms with Gasteiger partial charge in [-0.2, -0.15) is 9.55 Å². The molecule has 3 aromatic heterocycles. The van der Waals surface area contributed by atoms with E-state index in [1.54, 1.807) is 7.05 Å². The van der Waals surface area contributed by atoms with Crippen LogP contribution in [0.25, 0.3) is 11.2 Å². The molecule has 14 nitrogen and oxygen atoms in total. The van der Waals surface area contributed by atoms with E-state index in [-0.39, 0.29) is 46.7 Å². The molecule has 0 radical (unpaired) electrons. The predicted octanol–water partition coefficient (Wildman–Crippen LogP) is -5.38. The Morgan fingerprint density at radius 1 is 1.43 bits per heavy atom. The molecule has 1 fully saturated rings. The van der Waals surface area contributed by atoms with Gasteiger partial charge in [-0.15, -0.1) is 0 Å². The van der Waals surface area contributed by atoms with Gasteiger partial charge in [0, 0.05) is 12.4 Å². The molecule has 5 atom stereocenters. The van der Waals surface area contributed by atoms with E-state index >= 15 is 0 Å². The zero-order chi connectivity index (χ0) is 20.9. The first-order valence-corrected chi connectivity index (χ1v) is 9.96. The molecule has 0 spiro atoms. The molecule has 0 amide bonds. The average Bonchev–Trinajstić information content (AvgIpc) is 3.35. The fraction of sp³-hybridized carbons (Fsp3) is 0.429. The molecule has 6 N–H and O–H groups in total. The van der Waals surface area contributed by atoms with Crippen molar-refractivity contribution in [1.29, 1.82) is 0 Å². The quantitative estimate of drug-likeness (QED) is 0.142. The number of H-pyrrole nitrogens is 1. The van der Waals surface area contributed by atoms with E-state index < -0.39 is 44.5 Å². The number of nitrogens with two attached hydrogens (primary N) is 1. The van der Waals surface area contributed by atoms with Crippen LogP contribution in [-0.2, 0) is 20.9 Å². The maximum Gasteiger partial charge on any atom is 1.00 e. The van der Waals surface area contributed by atoms with Crippen LogP contribution in [0.4, 0.5) is 5.95 Å². The number of hydrogen-bond donors (Lipinski definition) is 5. The van der Waals surface area contributed by atoms with Gasteiger partial charge in [0.2, 0.25) is 18.5 Å². The molecular weight excluding hydrogens is 432 g/mol. The van der Waals surface area contributed by atoms with Crippen LogP contribution in [0.2, 0.25) is 0 Å². The van der Waals surface area contributed by atoms with Crippen LogP contribution < -0.4 is 45.4 Å². The Morgan fingerprint density at radius 3 is 2.83 bits per heavy atom. The van der Waals surface area contributed by atoms with Gasteiger partial charge in [-0.25, -0.2) is 18.5 Å². The van der Waals surface area contributed by atoms with Crippen LogP contribution in [0, 0.1) is 0 Å². The smallest absolute Gasteiger partial charge is 0.387 e. The van der Waals surface area contributed by atoms with E-state index in [4.69, 9.17) is 15.0 Å². The summed E-state index contributed by atoms with van der Waals surface area (Å²) in [5.41, 5.74) is 5.44. The minimum atomic E-state index is -4.24. The van der Waals surface area contributed by atoms with E-state index in [9.17, 15) is 24.5 Å². The first kappa shape index (κ1) is 23.1. The number of ether oxygens (including phenoxy) is 1. The Hall–Kier alpha value is -1.61. The molecule has 30 heavy (non-hydrogen) atoms. The summed E-state index contributed by atoms with van der Waals surface area (Å²) in [7, 11) is -2.64. The Bertz CT molecular complexity index is 1150. The number of fused-ring (bicyclic) bond motifs is 1. The van der Waals surface area contributed by atoms with Gasteiger partial charge < -0.3 is 25.6 Å². The molecule has 1 aliphatic heterocycles. The van der Waals surface area contributed by atoms with Crippen LogP contribution in [0.3, 0.4) is 0 Å². The molecule has 4 rings (SSSR count). The molecule has 16 heteroatoms. The van der Waals surface area contributed by atoms with Gasteiger partial charge in [0.1, 0.15) is 24.6 Å². The fourth-order valence-corrected chi connectivity index (χ4v) is 4.08. The van der Waals surface area contributed by atoms with Crippen LogP contribution in [0.5, 0.6) is 0 Å². The van der Waals surface area contributed by atoms with Gasteiger partial charge in [-0.1, -0.05) is 0 Å². The van der Waals surface area contributed by atoms with Crippen molar-refractivity contribution in [2.24, 2.45) is 7.05 Å². The van der Waals surface area contributed by atoms with Crippen molar-refractivity contribution in [1.82, 2.24) is 23.9 Å². The molecule has 4 heterocycles. The van der Waals surface area contributed by atoms with Crippen LogP contribution in [-0.4, -0.2) is 63.9 Å². The van der Waals surface area contributed by atoms with E-state index in [0.29, 0.717) is 0 Å². The monoisotopic (exact) mass is 451 g/mol. The number of aromatic nitrogens is 6. The van der Waals surface area contributed by atoms with Crippen molar-refractivity contribution in [3.8, 4) is 0 Å². The SMILES string of the molecule is C[n+]1cn([C@@H]2O[C@H](COP(=O)(O)n3ccnc3)[C@@H](O)[C@H]2O)c2nc(N)[nH]c(=O)c21.[Na+]. The number of aliphatic hydroxyl groups is 2. The molecule has 1 saturated heterocycles. The Labute approximate surface area is 190 Å². The molecule has 0 aliphatic carbocycles. The second kappa shape index (κ2) is 8.49. The van der Waals surface area contributed by atoms with Crippen LogP contribution in [0.15, 0.2) is 29.8 Å². The molecular formula is C14H19N7NaO7P+2. The van der Waals surface area contributed by atoms with E-state index in [1.807, 2.05) is 0 Å². The standard InChI is InChI=1S/C14H18N7O7P.Na/c1-19-6-21(11-8(19)12(24)18-14(15)17-11)13-10(23)9(22)7(28-13)4-27-29(25,26)20-3-2-16-5-20;/h2-3,5-7,9-10,13,22-23H,4H2,1H3,(H3-,15,17,18,24,25,26);/q;+1/p+1/t7-,9-,10-,13-;/m1./s1. The Morgan fingerprint density at radius 2 is 2.17 bits per heavy atom. The molecule has 156 valence electrons. The third-order valence-corrected chi connectivity index (χ3v) is 5.90. The van der Waals surface area contributed by atoms with Crippen molar-refractivity contribution >= 4 is 24.9 Å². The molecule has 0 saturated carbocycles. The summed E-state index contributed by atoms with van der Waals surface area (Å²) < 4.78 is 26.6. The second-order valence-corrected chi connectivity index (χ2v) is 8.23. The van der Waals surface area contributed by atoms with Gasteiger partial charge in [0.05, 0.1) is 13.7 Å². The fourth-order valence-electron chi connectivity index (χ4n) is 3.19. The largest absolute Gasteiger partial charge is 1.00 e. The van der Waals surface area contributed by atoms with Crippen molar-refractivity contribution in [2.75, 3.05) is 12.3 Å². The molecule has 0 bridgehead atoms. The predicted molar refractivity (Wildman–Crippen MR) is 95.3 cm³/mol. The topological polar surface area (TPSA) is 195 Å². The van der Waals surface area contributed by atoms with Crippen LogP contribution in [0.1, 0.15) is 6.23 Å². The minimum absolute atomic E-state index is 0. The third-order valence-electron chi connectivity index (χ3n) is 4.59. The zero-order valence-corrected chi connectivity index (χ0v) is 19.0. The van der Waals surface area contributed by atoms with Crippen LogP contribution >= 0.6 is 7.75 Å². The molecule has 0 aromatic carbocycles. The minimum Gasteiger partial charge on any atom is -0.387 e. The summed E-state index contributed by atoms with van der Waals surface area (Å²) in [6.45, 7) is -0.484. The van der Waals surface area contributed by atoms with Gasteiger partial charge in [0.15, 0.2) is 0 Å². The summed E-state index contributed by atoms with van der Waals surface area (Å²) in [5, 5.41) is 20.8. The summed E-state index contributed by atoms with van der Waals surface area (Å²) in [5.74, 6) is -0.128. The van der Waals surface area contributed by atoms with Crippen molar-refractivity contribution in [3.05, 3.63) is 35.4 Å². The number of rotatable bonds is 5. The number of aromatic amines is 1. The molecule has 1 aliphatic rings. The number of nitrogens with zero attached hydrogens (tertiary/aromatic N) is 5. The third kappa shape index (κ3) is 3.98. The van der Waals surface area contributed by atoms with Gasteiger partial charge >= 0.3 is 42.9 Å². The number of imidazole rings is 2. The van der Waals surface area contributed by atoms with Crippen molar-refractivity contribution in [2.45, 2.75) is 24.5 Å². The zero-order valence-electron chi connectivity index (χ0n) is 16.1. The summed E-state index contributed by atoms with van der Waals surface area (Å²) >= 11 is 0. The maximum absolute atomic E-state index is 12.2. The number of anilines is 1. The van der Waals surface area contributed by atoms with E-state index in [1.165, 1.54) is 27.9 Å². The van der Waals surface area contributed by atoms with Crippen molar-refractivity contribution < 1.29 is 63.1 Å². The number of aryl methyl sites for hydroxylation is 1. The number of nitrogen functional groups attached to an aromatic ring is 1.